The number of rotatable bonds is 54. The van der Waals surface area contributed by atoms with Gasteiger partial charge in [-0.3, -0.25) is 28.9 Å². The molecular weight excluding hydrogens is 2270 g/mol. The van der Waals surface area contributed by atoms with E-state index < -0.39 is 24.5 Å². The zero-order valence-electron chi connectivity index (χ0n) is 86.7. The third-order valence-corrected chi connectivity index (χ3v) is 39.7. The predicted octanol–water partition coefficient (Wildman–Crippen LogP) is 41.1. The number of ether oxygens (including phenoxy) is 3. The average Bonchev–Trinajstić information content (AvgIpc) is 0.896. The number of benzene rings is 3. The zero-order valence-corrected chi connectivity index (χ0v) is 109. The molecule has 0 aromatic heterocycles. The van der Waals surface area contributed by atoms with E-state index in [0.717, 1.165) is 81.0 Å². The van der Waals surface area contributed by atoms with E-state index in [1.807, 2.05) is 202 Å². The fourth-order valence-corrected chi connectivity index (χ4v) is 34.6. The van der Waals surface area contributed by atoms with Gasteiger partial charge in [0.15, 0.2) is 14.8 Å². The summed E-state index contributed by atoms with van der Waals surface area (Å²) in [6.07, 6.45) is 41.0. The van der Waals surface area contributed by atoms with Gasteiger partial charge in [-0.25, -0.2) is 19.7 Å². The van der Waals surface area contributed by atoms with Crippen LogP contribution in [0.3, 0.4) is 0 Å². The Balaban J connectivity index is -0.000000367. The molecule has 0 fully saturated rings. The summed E-state index contributed by atoms with van der Waals surface area (Å²) in [4.78, 5) is 41.6. The van der Waals surface area contributed by atoms with Gasteiger partial charge in [0.25, 0.3) is 34.0 Å². The molecule has 0 aliphatic heterocycles. The van der Waals surface area contributed by atoms with Crippen LogP contribution in [0.15, 0.2) is 106 Å². The van der Waals surface area contributed by atoms with Crippen molar-refractivity contribution in [3.63, 3.8) is 0 Å². The Bertz CT molecular complexity index is 4080. The molecule has 12 nitrogen and oxygen atoms in total. The Morgan fingerprint density at radius 2 is 0.489 bits per heavy atom. The molecule has 0 bridgehead atoms. The molecule has 0 aliphatic carbocycles. The van der Waals surface area contributed by atoms with E-state index in [1.54, 1.807) is 70.6 Å². The Morgan fingerprint density at radius 3 is 0.738 bits per heavy atom. The van der Waals surface area contributed by atoms with Crippen molar-refractivity contribution >= 4 is 373 Å². The van der Waals surface area contributed by atoms with Crippen molar-refractivity contribution in [2.75, 3.05) is 34.5 Å². The molecule has 39 heteroatoms. The highest BCUT2D eigenvalue weighted by molar-refractivity contribution is 8.51. The highest BCUT2D eigenvalue weighted by Crippen LogP contribution is 2.40. The number of thiocarbonyl (C=S) groups is 9. The van der Waals surface area contributed by atoms with Gasteiger partial charge in [-0.05, 0) is 188 Å². The zero-order chi connectivity index (χ0) is 108. The monoisotopic (exact) mass is 2420 g/mol. The second kappa shape index (κ2) is 103. The lowest BCUT2D eigenvalue weighted by Crippen LogP contribution is -2.20. The molecule has 0 N–H and O–H groups in total. The van der Waals surface area contributed by atoms with Gasteiger partial charge in [-0.2, -0.15) is 15.8 Å². The number of thioether (sulfide) groups is 18. The molecule has 3 aromatic rings. The number of hydrogen-bond donors (Lipinski definition) is 0. The van der Waals surface area contributed by atoms with E-state index >= 15 is 0 Å². The molecular formula is C102H156N6O6S27. The molecule has 0 saturated heterocycles. The van der Waals surface area contributed by atoms with Gasteiger partial charge in [0.1, 0.15) is 31.8 Å². The minimum atomic E-state index is -0.611. The van der Waals surface area contributed by atoms with Crippen molar-refractivity contribution in [2.24, 2.45) is 0 Å². The Morgan fingerprint density at radius 1 is 0.298 bits per heavy atom. The van der Waals surface area contributed by atoms with Gasteiger partial charge in [0, 0.05) is 56.2 Å². The molecule has 0 spiro atoms. The molecule has 0 amide bonds. The van der Waals surface area contributed by atoms with Crippen LogP contribution < -0.4 is 0 Å². The van der Waals surface area contributed by atoms with E-state index in [2.05, 4.69) is 67.4 Å². The van der Waals surface area contributed by atoms with Crippen molar-refractivity contribution in [2.45, 2.75) is 398 Å². The molecule has 141 heavy (non-hydrogen) atoms. The normalized spacial score (nSPS) is 11.3. The van der Waals surface area contributed by atoms with E-state index in [-0.39, 0.29) is 20.6 Å². The van der Waals surface area contributed by atoms with E-state index in [9.17, 15) is 14.4 Å². The van der Waals surface area contributed by atoms with Crippen molar-refractivity contribution < 1.29 is 28.6 Å². The third-order valence-electron chi connectivity index (χ3n) is 16.9. The fraction of sp³-hybridized carbons (Fsp3) is 0.647. The number of unbranched alkanes of at least 4 members (excludes halogenated alkanes) is 27. The number of carbonyl (C=O) groups is 3. The average molecular weight is 2430 g/mol. The summed E-state index contributed by atoms with van der Waals surface area (Å²) in [5.41, 5.74) is 0. The molecule has 3 rings (SSSR count). The van der Waals surface area contributed by atoms with Crippen molar-refractivity contribution in [3.05, 3.63) is 125 Å². The molecule has 792 valence electrons. The van der Waals surface area contributed by atoms with Crippen LogP contribution in [0.25, 0.3) is 14.5 Å². The molecule has 0 saturated carbocycles. The Kier molecular flexibility index (Phi) is 111. The minimum Gasteiger partial charge on any atom is -0.450 e. The molecule has 3 atom stereocenters. The van der Waals surface area contributed by atoms with Crippen LogP contribution in [0, 0.1) is 53.7 Å². The molecule has 0 aliphatic rings. The first-order valence-electron chi connectivity index (χ1n) is 47.4. The van der Waals surface area contributed by atoms with Crippen LogP contribution in [-0.2, 0) is 28.6 Å². The highest BCUT2D eigenvalue weighted by Gasteiger charge is 2.29. The predicted molar refractivity (Wildman–Crippen MR) is 697 cm³/mol. The number of nitriles is 3. The Hall–Kier alpha value is 0.120. The van der Waals surface area contributed by atoms with Gasteiger partial charge in [0.2, 0.25) is 0 Å². The molecule has 3 aromatic carbocycles. The summed E-state index contributed by atoms with van der Waals surface area (Å²) < 4.78 is 22.3. The second-order valence-corrected chi connectivity index (χ2v) is 67.4. The van der Waals surface area contributed by atoms with Crippen LogP contribution in [0.5, 0.6) is 0 Å². The fourth-order valence-electron chi connectivity index (χ4n) is 9.81. The molecule has 3 unspecified atom stereocenters. The van der Waals surface area contributed by atoms with E-state index in [1.165, 1.54) is 334 Å². The Labute approximate surface area is 981 Å². The van der Waals surface area contributed by atoms with Crippen LogP contribution >= 0.6 is 322 Å². The van der Waals surface area contributed by atoms with Crippen LogP contribution in [0.4, 0.5) is 0 Å². The van der Waals surface area contributed by atoms with Gasteiger partial charge in [0.05, 0.1) is 34.0 Å². The van der Waals surface area contributed by atoms with Crippen LogP contribution in [-0.4, -0.2) is 131 Å². The minimum absolute atomic E-state index is 0.00782. The summed E-state index contributed by atoms with van der Waals surface area (Å²) in [5.74, 6) is 6.21. The van der Waals surface area contributed by atoms with Gasteiger partial charge >= 0.3 is 0 Å². The maximum atomic E-state index is 10.4. The first kappa shape index (κ1) is 152. The highest BCUT2D eigenvalue weighted by atomic mass is 32.3. The third kappa shape index (κ3) is 114. The topological polar surface area (TPSA) is 163 Å². The first-order valence-corrected chi connectivity index (χ1v) is 67.0. The lowest BCUT2D eigenvalue weighted by Gasteiger charge is -2.21. The van der Waals surface area contributed by atoms with Crippen molar-refractivity contribution in [1.82, 2.24) is 0 Å². The van der Waals surface area contributed by atoms with Gasteiger partial charge in [-0.15, -0.1) is 70.6 Å². The lowest BCUT2D eigenvalue weighted by molar-refractivity contribution is -0.134. The van der Waals surface area contributed by atoms with E-state index in [4.69, 9.17) is 160 Å². The summed E-state index contributed by atoms with van der Waals surface area (Å²) in [6, 6.07) is 36.2. The smallest absolute Gasteiger partial charge is 0.294 e. The largest absolute Gasteiger partial charge is 0.450 e. The maximum Gasteiger partial charge on any atom is 0.294 e. The lowest BCUT2D eigenvalue weighted by atomic mass is 10.1. The quantitative estimate of drug-likeness (QED) is 0.00996. The summed E-state index contributed by atoms with van der Waals surface area (Å²) >= 11 is 74.2. The van der Waals surface area contributed by atoms with Gasteiger partial charge < -0.3 is 14.2 Å². The van der Waals surface area contributed by atoms with Crippen LogP contribution in [0.2, 0.25) is 0 Å². The van der Waals surface area contributed by atoms with Gasteiger partial charge in [-0.1, -0.05) is 485 Å². The van der Waals surface area contributed by atoms with Crippen molar-refractivity contribution in [1.29, 1.82) is 15.8 Å². The summed E-state index contributed by atoms with van der Waals surface area (Å²) in [7, 11) is 0. The maximum absolute atomic E-state index is 10.4. The standard InChI is InChI=1S/C17H31NS3.C17H32O2S3.C16H29NS3.C11H11NS3.C11H12O2S3.C10H9NS3.C7H11NS3.C7H12O2S3.C6H9NS3/c1-5-6-7-8-9-10-11-12-13-14-15-20-16(19)21-17(2,3)18-4;1-4-5-6-7-8-9-10-11-12-13-14-21-16(20)22-17(2,3)19-15-18;1-3-4-5-6-7-8-9-10-11-12-13-19-16(18)20-15(2)14-17;1-11(2,12-3)15-10(13)14-9-7-5-4-6-8-9;1-11(2,13-8-12)16-10(14)15-9-6-4-3-5-7-9;1-8(7-11)13-10(12)14-9-5-3-2-4-6-9;1-5-10-6(9)11-7(2,3)8-4;1-4-11-6(10)12-7(2,3)9-5-8;1-3-9-6(8)10-5(2)4-7/h5-15H2,1-3H3;15H,4-14H2,1-3H3;15H,3-13H2,1-2H3;4-8H,1-2H3;3-8H,1-2H3;2-6,8H,1H3;5H2,1-3H3;5H,4H2,1-3H3;5H,3H2,1-2H3. The van der Waals surface area contributed by atoms with Crippen LogP contribution in [0.1, 0.15) is 338 Å². The SMILES string of the molecule is CC(C#N)SC(=S)Sc1ccccc1.CC(C)(OC=O)SC(=S)Sc1ccccc1.CCCCCCCCCCCCSC(=S)SC(C)(C)OC=O.CCCCCCCCCCCCSC(=S)SC(C)C#N.CCSC(=S)SC(C)(C)OC=O.CCSC(=S)SC(C)C#N.[C-]#[N+]C(C)(C)SC(=S)SCC.[C-]#[N+]C(C)(C)SC(=S)SCCCCCCCCCCCC.[C-]#[N+]C(C)(C)SC(=S)Sc1ccccc1. The number of nitrogens with zero attached hydrogens (tertiary/aromatic N) is 6. The second-order valence-electron chi connectivity index (χ2n) is 32.7. The van der Waals surface area contributed by atoms with Crippen molar-refractivity contribution in [3.8, 4) is 18.2 Å². The van der Waals surface area contributed by atoms with E-state index in [0.29, 0.717) is 19.4 Å². The number of carbonyl (C=O) groups excluding carboxylic acids is 3. The summed E-state index contributed by atoms with van der Waals surface area (Å²) in [5, 5.41) is 25.6. The number of hydrogen-bond acceptors (Lipinski definition) is 36. The first-order chi connectivity index (χ1) is 66.7. The molecule has 0 heterocycles. The molecule has 0 radical (unpaired) electrons. The summed E-state index contributed by atoms with van der Waals surface area (Å²) in [6.45, 7) is 63.2.